The van der Waals surface area contributed by atoms with Gasteiger partial charge in [0.1, 0.15) is 6.61 Å². The molecule has 0 saturated heterocycles. The van der Waals surface area contributed by atoms with Crippen LogP contribution in [0.4, 0.5) is 23.2 Å². The molecule has 0 bridgehead atoms. The Morgan fingerprint density at radius 1 is 1.42 bits per heavy atom. The van der Waals surface area contributed by atoms with E-state index in [4.69, 9.17) is 10.8 Å². The number of benzene rings is 1. The Labute approximate surface area is 105 Å². The molecule has 0 amide bonds. The van der Waals surface area contributed by atoms with Gasteiger partial charge >= 0.3 is 18.3 Å². The zero-order chi connectivity index (χ0) is 14.6. The van der Waals surface area contributed by atoms with E-state index in [0.29, 0.717) is 0 Å². The predicted octanol–water partition coefficient (Wildman–Crippen LogP) is 2.38. The van der Waals surface area contributed by atoms with Crippen molar-refractivity contribution in [1.82, 2.24) is 0 Å². The fraction of sp³-hybridized carbons (Fsp3) is 0.364. The fourth-order valence-corrected chi connectivity index (χ4v) is 1.36. The highest BCUT2D eigenvalue weighted by Gasteiger charge is 2.41. The van der Waals surface area contributed by atoms with Gasteiger partial charge in [-0.2, -0.15) is 8.78 Å². The summed E-state index contributed by atoms with van der Waals surface area (Å²) < 4.78 is 53.3. The molecule has 0 fully saturated rings. The zero-order valence-electron chi connectivity index (χ0n) is 9.58. The largest absolute Gasteiger partial charge is 0.478 e. The fourth-order valence-electron chi connectivity index (χ4n) is 1.36. The average molecular weight is 281 g/mol. The highest BCUT2D eigenvalue weighted by Crippen LogP contribution is 2.24. The Morgan fingerprint density at radius 2 is 2.05 bits per heavy atom. The first-order valence-corrected chi connectivity index (χ1v) is 5.10. The predicted molar refractivity (Wildman–Crippen MR) is 58.4 cm³/mol. The van der Waals surface area contributed by atoms with Crippen molar-refractivity contribution in [3.8, 4) is 0 Å². The first-order chi connectivity index (χ1) is 8.75. The molecule has 0 radical (unpaired) electrons. The Morgan fingerprint density at radius 3 is 2.58 bits per heavy atom. The quantitative estimate of drug-likeness (QED) is 0.620. The molecule has 106 valence electrons. The summed E-state index contributed by atoms with van der Waals surface area (Å²) in [5.41, 5.74) is 5.11. The summed E-state index contributed by atoms with van der Waals surface area (Å²) in [4.78, 5) is 10.9. The molecule has 0 atom stereocenters. The Bertz CT molecular complexity index is 465. The van der Waals surface area contributed by atoms with Crippen molar-refractivity contribution in [2.24, 2.45) is 0 Å². The second kappa shape index (κ2) is 5.87. The van der Waals surface area contributed by atoms with Crippen LogP contribution in [0.25, 0.3) is 0 Å². The van der Waals surface area contributed by atoms with Crippen LogP contribution in [0.1, 0.15) is 15.9 Å². The molecule has 0 saturated carbocycles. The molecular weight excluding hydrogens is 270 g/mol. The average Bonchev–Trinajstić information content (AvgIpc) is 2.27. The summed E-state index contributed by atoms with van der Waals surface area (Å²) in [6, 6.07) is 4.03. The molecular formula is C11H11F4NO3. The highest BCUT2D eigenvalue weighted by molar-refractivity contribution is 5.95. The summed E-state index contributed by atoms with van der Waals surface area (Å²) in [6.45, 7) is -2.05. The number of carbonyl (C=O) groups is 1. The van der Waals surface area contributed by atoms with E-state index >= 15 is 0 Å². The maximum atomic E-state index is 12.6. The van der Waals surface area contributed by atoms with Crippen LogP contribution in [-0.2, 0) is 11.3 Å². The lowest BCUT2D eigenvalue weighted by molar-refractivity contribution is -0.168. The number of anilines is 1. The van der Waals surface area contributed by atoms with Crippen LogP contribution in [0.15, 0.2) is 18.2 Å². The molecule has 3 N–H and O–H groups in total. The SMILES string of the molecule is Nc1cccc(COCC(F)(F)C(F)F)c1C(=O)O. The van der Waals surface area contributed by atoms with Gasteiger partial charge in [-0.05, 0) is 11.6 Å². The molecule has 0 aliphatic carbocycles. The number of halogens is 4. The number of nitrogen functional groups attached to an aromatic ring is 1. The van der Waals surface area contributed by atoms with Crippen LogP contribution in [-0.4, -0.2) is 30.0 Å². The van der Waals surface area contributed by atoms with Gasteiger partial charge in [-0.3, -0.25) is 0 Å². The topological polar surface area (TPSA) is 72.5 Å². The minimum atomic E-state index is -4.27. The summed E-state index contributed by atoms with van der Waals surface area (Å²) >= 11 is 0. The van der Waals surface area contributed by atoms with E-state index in [1.165, 1.54) is 18.2 Å². The van der Waals surface area contributed by atoms with Crippen LogP contribution in [0.5, 0.6) is 0 Å². The van der Waals surface area contributed by atoms with Crippen molar-refractivity contribution in [1.29, 1.82) is 0 Å². The molecule has 0 spiro atoms. The van der Waals surface area contributed by atoms with Gasteiger partial charge in [-0.1, -0.05) is 12.1 Å². The summed E-state index contributed by atoms with van der Waals surface area (Å²) in [7, 11) is 0. The Hall–Kier alpha value is -1.83. The zero-order valence-corrected chi connectivity index (χ0v) is 9.58. The van der Waals surface area contributed by atoms with Gasteiger partial charge in [-0.25, -0.2) is 13.6 Å². The monoisotopic (exact) mass is 281 g/mol. The van der Waals surface area contributed by atoms with Crippen molar-refractivity contribution in [2.45, 2.75) is 19.0 Å². The van der Waals surface area contributed by atoms with Gasteiger partial charge < -0.3 is 15.6 Å². The smallest absolute Gasteiger partial charge is 0.338 e. The van der Waals surface area contributed by atoms with E-state index in [2.05, 4.69) is 4.74 Å². The van der Waals surface area contributed by atoms with Crippen molar-refractivity contribution < 1.29 is 32.2 Å². The van der Waals surface area contributed by atoms with E-state index in [0.717, 1.165) is 0 Å². The number of carboxylic acid groups (broad SMARTS) is 1. The molecule has 4 nitrogen and oxygen atoms in total. The molecule has 1 rings (SSSR count). The molecule has 0 aliphatic heterocycles. The number of ether oxygens (including phenoxy) is 1. The number of hydrogen-bond acceptors (Lipinski definition) is 3. The molecule has 8 heteroatoms. The van der Waals surface area contributed by atoms with Gasteiger partial charge in [0.15, 0.2) is 0 Å². The highest BCUT2D eigenvalue weighted by atomic mass is 19.3. The molecule has 1 aromatic rings. The minimum absolute atomic E-state index is 0.0394. The minimum Gasteiger partial charge on any atom is -0.478 e. The molecule has 0 aromatic heterocycles. The lowest BCUT2D eigenvalue weighted by Gasteiger charge is -2.16. The van der Waals surface area contributed by atoms with E-state index in [1.807, 2.05) is 0 Å². The second-order valence-electron chi connectivity index (χ2n) is 3.74. The maximum absolute atomic E-state index is 12.6. The summed E-state index contributed by atoms with van der Waals surface area (Å²) in [6.07, 6.45) is -3.84. The number of alkyl halides is 4. The third kappa shape index (κ3) is 3.82. The van der Waals surface area contributed by atoms with Gasteiger partial charge in [0.2, 0.25) is 0 Å². The second-order valence-corrected chi connectivity index (χ2v) is 3.74. The molecule has 0 heterocycles. The normalized spacial score (nSPS) is 11.8. The third-order valence-electron chi connectivity index (χ3n) is 2.27. The Balaban J connectivity index is 2.74. The third-order valence-corrected chi connectivity index (χ3v) is 2.27. The number of aromatic carboxylic acids is 1. The van der Waals surface area contributed by atoms with Crippen LogP contribution >= 0.6 is 0 Å². The van der Waals surface area contributed by atoms with E-state index < -0.39 is 31.5 Å². The first-order valence-electron chi connectivity index (χ1n) is 5.10. The molecule has 0 unspecified atom stereocenters. The van der Waals surface area contributed by atoms with Crippen LogP contribution in [0.3, 0.4) is 0 Å². The number of nitrogens with two attached hydrogens (primary N) is 1. The molecule has 19 heavy (non-hydrogen) atoms. The van der Waals surface area contributed by atoms with Crippen molar-refractivity contribution in [3.63, 3.8) is 0 Å². The maximum Gasteiger partial charge on any atom is 0.338 e. The van der Waals surface area contributed by atoms with E-state index in [-0.39, 0.29) is 16.8 Å². The van der Waals surface area contributed by atoms with E-state index in [1.54, 1.807) is 0 Å². The summed E-state index contributed by atoms with van der Waals surface area (Å²) in [5.74, 6) is -5.62. The van der Waals surface area contributed by atoms with Crippen molar-refractivity contribution in [3.05, 3.63) is 29.3 Å². The standard InChI is InChI=1S/C11H11F4NO3/c12-10(13)11(14,15)5-19-4-6-2-1-3-7(16)8(6)9(17)18/h1-3,10H,4-5,16H2,(H,17,18). The van der Waals surface area contributed by atoms with Crippen LogP contribution in [0.2, 0.25) is 0 Å². The lowest BCUT2D eigenvalue weighted by atomic mass is 10.1. The number of rotatable bonds is 6. The van der Waals surface area contributed by atoms with Crippen LogP contribution < -0.4 is 5.73 Å². The van der Waals surface area contributed by atoms with Gasteiger partial charge in [0.05, 0.1) is 12.2 Å². The Kier molecular flexibility index (Phi) is 4.71. The first kappa shape index (κ1) is 15.2. The van der Waals surface area contributed by atoms with E-state index in [9.17, 15) is 22.4 Å². The number of carboxylic acids is 1. The molecule has 1 aromatic carbocycles. The van der Waals surface area contributed by atoms with Gasteiger partial charge in [-0.15, -0.1) is 0 Å². The van der Waals surface area contributed by atoms with Crippen LogP contribution in [0, 0.1) is 0 Å². The number of hydrogen-bond donors (Lipinski definition) is 2. The molecule has 0 aliphatic rings. The van der Waals surface area contributed by atoms with Gasteiger partial charge in [0, 0.05) is 5.69 Å². The van der Waals surface area contributed by atoms with Crippen molar-refractivity contribution in [2.75, 3.05) is 12.3 Å². The summed E-state index contributed by atoms with van der Waals surface area (Å²) in [5, 5.41) is 8.89. The van der Waals surface area contributed by atoms with Gasteiger partial charge in [0.25, 0.3) is 0 Å². The lowest BCUT2D eigenvalue weighted by Crippen LogP contribution is -2.32. The van der Waals surface area contributed by atoms with Crippen molar-refractivity contribution >= 4 is 11.7 Å².